The summed E-state index contributed by atoms with van der Waals surface area (Å²) in [5.41, 5.74) is 15.6. The van der Waals surface area contributed by atoms with Crippen LogP contribution in [0.25, 0.3) is 21.5 Å². The Morgan fingerprint density at radius 2 is 0.843 bits per heavy atom. The first kappa shape index (κ1) is 40.0. The lowest BCUT2D eigenvalue weighted by Crippen LogP contribution is -2.43. The summed E-state index contributed by atoms with van der Waals surface area (Å²) in [4.78, 5) is 0. The monoisotopic (exact) mass is 734 g/mol. The van der Waals surface area contributed by atoms with Crippen molar-refractivity contribution in [2.75, 3.05) is 11.1 Å². The average molecular weight is 735 g/mol. The molecule has 0 bridgehead atoms. The molecule has 0 unspecified atom stereocenters. The highest BCUT2D eigenvalue weighted by molar-refractivity contribution is 6.91. The number of hydrogen-bond acceptors (Lipinski definition) is 2. The van der Waals surface area contributed by atoms with E-state index in [0.29, 0.717) is 38.5 Å². The zero-order valence-electron chi connectivity index (χ0n) is 31.9. The number of benzene rings is 4. The molecule has 0 saturated carbocycles. The highest BCUT2D eigenvalue weighted by atomic mass is 28.3. The first-order valence-electron chi connectivity index (χ1n) is 17.9. The van der Waals surface area contributed by atoms with Gasteiger partial charge in [-0.3, -0.25) is 0 Å². The van der Waals surface area contributed by atoms with E-state index in [0.717, 1.165) is 10.8 Å². The molecule has 0 saturated heterocycles. The van der Waals surface area contributed by atoms with Crippen molar-refractivity contribution in [3.63, 3.8) is 0 Å². The SMILES string of the molecule is CC(C)[Si](C#Cc1c(N)c(Nc2c(F)c(F)c(F)c(F)c2F)c(C#C[Si](C(C)C)(C(C)C)C(C)C)c2cc3ccccc3cc12)(C(C)C)C(C)C. The highest BCUT2D eigenvalue weighted by Gasteiger charge is 2.43. The van der Waals surface area contributed by atoms with Crippen molar-refractivity contribution in [1.82, 2.24) is 0 Å². The predicted octanol–water partition coefficient (Wildman–Crippen LogP) is 13.2. The van der Waals surface area contributed by atoms with E-state index < -0.39 is 50.9 Å². The third kappa shape index (κ3) is 6.80. The van der Waals surface area contributed by atoms with Gasteiger partial charge in [-0.05, 0) is 56.2 Å². The van der Waals surface area contributed by atoms with Gasteiger partial charge in [-0.25, -0.2) is 22.0 Å². The molecule has 3 N–H and O–H groups in total. The van der Waals surface area contributed by atoms with Gasteiger partial charge in [0.25, 0.3) is 0 Å². The fraction of sp³-hybridized carbons (Fsp3) is 0.429. The van der Waals surface area contributed by atoms with Crippen molar-refractivity contribution < 1.29 is 22.0 Å². The molecule has 51 heavy (non-hydrogen) atoms. The maximum atomic E-state index is 15.4. The van der Waals surface area contributed by atoms with Gasteiger partial charge in [0.2, 0.25) is 5.82 Å². The largest absolute Gasteiger partial charge is 0.396 e. The van der Waals surface area contributed by atoms with Crippen LogP contribution in [0.4, 0.5) is 39.0 Å². The van der Waals surface area contributed by atoms with Gasteiger partial charge in [-0.1, -0.05) is 119 Å². The molecule has 0 radical (unpaired) electrons. The van der Waals surface area contributed by atoms with Crippen LogP contribution in [0.15, 0.2) is 36.4 Å². The Morgan fingerprint density at radius 3 is 1.22 bits per heavy atom. The molecule has 2 nitrogen and oxygen atoms in total. The molecule has 0 atom stereocenters. The van der Waals surface area contributed by atoms with Crippen molar-refractivity contribution in [3.8, 4) is 22.9 Å². The van der Waals surface area contributed by atoms with E-state index in [-0.39, 0.29) is 28.0 Å². The molecule has 0 heterocycles. The van der Waals surface area contributed by atoms with Crippen molar-refractivity contribution in [2.24, 2.45) is 0 Å². The molecule has 0 fully saturated rings. The molecule has 0 aromatic heterocycles. The van der Waals surface area contributed by atoms with Gasteiger partial charge >= 0.3 is 0 Å². The smallest absolute Gasteiger partial charge is 0.200 e. The molecule has 0 spiro atoms. The average Bonchev–Trinajstić information content (AvgIpc) is 3.05. The van der Waals surface area contributed by atoms with Crippen molar-refractivity contribution in [3.05, 3.63) is 76.6 Å². The molecule has 0 aliphatic carbocycles. The first-order chi connectivity index (χ1) is 23.7. The summed E-state index contributed by atoms with van der Waals surface area (Å²) in [7, 11) is -4.71. The molecular formula is C42H51F5N2Si2. The van der Waals surface area contributed by atoms with Crippen molar-refractivity contribution >= 4 is 54.8 Å². The molecule has 272 valence electrons. The maximum absolute atomic E-state index is 15.4. The Hall–Kier alpha value is -3.80. The Bertz CT molecular complexity index is 2020. The van der Waals surface area contributed by atoms with Crippen LogP contribution in [0.1, 0.15) is 94.2 Å². The van der Waals surface area contributed by atoms with Crippen LogP contribution in [0.3, 0.4) is 0 Å². The normalized spacial score (nSPS) is 12.5. The molecule has 9 heteroatoms. The van der Waals surface area contributed by atoms with Gasteiger partial charge in [0.05, 0.1) is 22.5 Å². The third-order valence-corrected chi connectivity index (χ3v) is 23.8. The summed E-state index contributed by atoms with van der Waals surface area (Å²) in [6, 6.07) is 11.7. The number of nitrogens with two attached hydrogens (primary N) is 1. The molecule has 4 aromatic rings. The van der Waals surface area contributed by atoms with Crippen molar-refractivity contribution in [1.29, 1.82) is 0 Å². The topological polar surface area (TPSA) is 38.0 Å². The van der Waals surface area contributed by atoms with Crippen LogP contribution >= 0.6 is 0 Å². The van der Waals surface area contributed by atoms with E-state index in [4.69, 9.17) is 5.73 Å². The molecule has 4 rings (SSSR count). The van der Waals surface area contributed by atoms with Gasteiger partial charge in [-0.15, -0.1) is 11.1 Å². The predicted molar refractivity (Wildman–Crippen MR) is 211 cm³/mol. The molecular weight excluding hydrogens is 684 g/mol. The van der Waals surface area contributed by atoms with E-state index in [1.807, 2.05) is 36.4 Å². The minimum atomic E-state index is -2.39. The highest BCUT2D eigenvalue weighted by Crippen LogP contribution is 2.45. The lowest BCUT2D eigenvalue weighted by Gasteiger charge is -2.38. The van der Waals surface area contributed by atoms with Crippen LogP contribution in [0.2, 0.25) is 33.2 Å². The summed E-state index contributed by atoms with van der Waals surface area (Å²) in [5, 5.41) is 5.73. The molecule has 0 aliphatic rings. The summed E-state index contributed by atoms with van der Waals surface area (Å²) in [6.45, 7) is 26.2. The molecule has 0 amide bonds. The van der Waals surface area contributed by atoms with E-state index in [1.54, 1.807) is 0 Å². The number of hydrogen-bond donors (Lipinski definition) is 2. The van der Waals surface area contributed by atoms with Gasteiger partial charge in [0.15, 0.2) is 23.3 Å². The number of fused-ring (bicyclic) bond motifs is 2. The fourth-order valence-electron chi connectivity index (χ4n) is 8.63. The summed E-state index contributed by atoms with van der Waals surface area (Å²) >= 11 is 0. The zero-order chi connectivity index (χ0) is 38.3. The van der Waals surface area contributed by atoms with Crippen LogP contribution in [0, 0.1) is 52.0 Å². The van der Waals surface area contributed by atoms with E-state index >= 15 is 8.78 Å². The van der Waals surface area contributed by atoms with Crippen LogP contribution in [-0.4, -0.2) is 16.1 Å². The number of anilines is 3. The summed E-state index contributed by atoms with van der Waals surface area (Å²) in [5.74, 6) is -3.44. The number of rotatable bonds is 8. The quantitative estimate of drug-likeness (QED) is 0.0360. The molecule has 0 aliphatic heterocycles. The zero-order valence-corrected chi connectivity index (χ0v) is 33.9. The fourth-order valence-corrected chi connectivity index (χ4v) is 19.0. The van der Waals surface area contributed by atoms with Gasteiger partial charge in [0.1, 0.15) is 21.8 Å². The number of halogens is 5. The minimum Gasteiger partial charge on any atom is -0.396 e. The second-order valence-corrected chi connectivity index (χ2v) is 26.8. The van der Waals surface area contributed by atoms with E-state index in [9.17, 15) is 13.2 Å². The maximum Gasteiger partial charge on any atom is 0.200 e. The second-order valence-electron chi connectivity index (χ2n) is 15.6. The Balaban J connectivity index is 2.30. The van der Waals surface area contributed by atoms with Crippen LogP contribution in [0.5, 0.6) is 0 Å². The minimum absolute atomic E-state index is 0.0311. The van der Waals surface area contributed by atoms with E-state index in [2.05, 4.69) is 111 Å². The number of nitrogens with one attached hydrogen (secondary N) is 1. The van der Waals surface area contributed by atoms with Crippen molar-refractivity contribution in [2.45, 2.75) is 116 Å². The first-order valence-corrected chi connectivity index (χ1v) is 22.3. The Labute approximate surface area is 302 Å². The number of nitrogen functional groups attached to an aromatic ring is 1. The van der Waals surface area contributed by atoms with Crippen LogP contribution < -0.4 is 11.1 Å². The molecule has 4 aromatic carbocycles. The second kappa shape index (κ2) is 15.0. The van der Waals surface area contributed by atoms with Crippen LogP contribution in [-0.2, 0) is 0 Å². The lowest BCUT2D eigenvalue weighted by molar-refractivity contribution is 0.382. The van der Waals surface area contributed by atoms with Gasteiger partial charge in [-0.2, -0.15) is 0 Å². The lowest BCUT2D eigenvalue weighted by atomic mass is 9.93. The van der Waals surface area contributed by atoms with E-state index in [1.165, 1.54) is 0 Å². The Morgan fingerprint density at radius 1 is 0.510 bits per heavy atom. The standard InChI is InChI=1S/C42H51F5N2Si2/c1-23(2)50(24(3)4,25(5)6)19-17-31-33-21-29-15-13-14-16-30(29)22-34(33)32(18-20-51(26(7)8,27(9)10)28(11)12)41(40(31)48)49-42-38(46)36(44)35(43)37(45)39(42)47/h13-16,21-28,49H,48H2,1-12H3. The summed E-state index contributed by atoms with van der Waals surface area (Å²) in [6.07, 6.45) is 0. The Kier molecular flexibility index (Phi) is 11.8. The summed E-state index contributed by atoms with van der Waals surface area (Å²) < 4.78 is 74.1. The van der Waals surface area contributed by atoms with Gasteiger partial charge in [0, 0.05) is 10.8 Å². The van der Waals surface area contributed by atoms with Gasteiger partial charge < -0.3 is 11.1 Å². The third-order valence-electron chi connectivity index (χ3n) is 11.2.